The van der Waals surface area contributed by atoms with Crippen LogP contribution in [-0.4, -0.2) is 7.05 Å². The molecule has 0 aliphatic rings. The lowest BCUT2D eigenvalue weighted by molar-refractivity contribution is 0.504. The van der Waals surface area contributed by atoms with Crippen LogP contribution in [0.4, 0.5) is 0 Å². The van der Waals surface area contributed by atoms with Crippen molar-refractivity contribution < 1.29 is 0 Å². The number of halogens is 2. The molecule has 17 heavy (non-hydrogen) atoms. The van der Waals surface area contributed by atoms with Crippen LogP contribution in [0.2, 0.25) is 5.02 Å². The van der Waals surface area contributed by atoms with E-state index in [2.05, 4.69) is 28.2 Å². The average Bonchev–Trinajstić information content (AvgIpc) is 2.33. The lowest BCUT2D eigenvalue weighted by Crippen LogP contribution is -2.16. The first kappa shape index (κ1) is 15.0. The van der Waals surface area contributed by atoms with Crippen LogP contribution in [-0.2, 0) is 0 Å². The van der Waals surface area contributed by atoms with Gasteiger partial charge in [0, 0.05) is 15.5 Å². The summed E-state index contributed by atoms with van der Waals surface area (Å²) in [4.78, 5) is 0. The summed E-state index contributed by atoms with van der Waals surface area (Å²) >= 11 is 9.65. The Morgan fingerprint density at radius 2 is 2.06 bits per heavy atom. The maximum atomic E-state index is 6.05. The Bertz CT molecular complexity index is 341. The molecule has 1 unspecified atom stereocenters. The molecule has 0 saturated carbocycles. The van der Waals surface area contributed by atoms with Gasteiger partial charge in [0.25, 0.3) is 0 Å². The molecule has 3 heteroatoms. The van der Waals surface area contributed by atoms with Crippen LogP contribution in [0.1, 0.15) is 50.6 Å². The predicted molar refractivity (Wildman–Crippen MR) is 79.7 cm³/mol. The van der Waals surface area contributed by atoms with Gasteiger partial charge in [-0.05, 0) is 37.2 Å². The van der Waals surface area contributed by atoms with Crippen molar-refractivity contribution in [2.75, 3.05) is 7.05 Å². The third-order valence-electron chi connectivity index (χ3n) is 3.03. The van der Waals surface area contributed by atoms with Gasteiger partial charge in [0.1, 0.15) is 0 Å². The number of hydrogen-bond donors (Lipinski definition) is 1. The van der Waals surface area contributed by atoms with Gasteiger partial charge in [-0.2, -0.15) is 0 Å². The summed E-state index contributed by atoms with van der Waals surface area (Å²) in [6, 6.07) is 6.37. The van der Waals surface area contributed by atoms with E-state index in [0.717, 1.165) is 15.9 Å². The van der Waals surface area contributed by atoms with Gasteiger partial charge in [-0.25, -0.2) is 0 Å². The molecule has 0 spiro atoms. The number of nitrogens with one attached hydrogen (secondary N) is 1. The van der Waals surface area contributed by atoms with E-state index in [1.807, 2.05) is 25.2 Å². The molecule has 96 valence electrons. The Hall–Kier alpha value is -0.0500. The highest BCUT2D eigenvalue weighted by molar-refractivity contribution is 9.10. The molecule has 0 aliphatic heterocycles. The molecule has 1 aromatic carbocycles. The third-order valence-corrected chi connectivity index (χ3v) is 3.99. The molecule has 0 aliphatic carbocycles. The lowest BCUT2D eigenvalue weighted by atomic mass is 10.0. The fourth-order valence-electron chi connectivity index (χ4n) is 2.01. The molecular formula is C14H21BrClN. The van der Waals surface area contributed by atoms with E-state index < -0.39 is 0 Å². The molecule has 0 fully saturated rings. The van der Waals surface area contributed by atoms with Crippen molar-refractivity contribution in [1.29, 1.82) is 0 Å². The van der Waals surface area contributed by atoms with Gasteiger partial charge in [0.2, 0.25) is 0 Å². The maximum Gasteiger partial charge on any atom is 0.0410 e. The van der Waals surface area contributed by atoms with E-state index in [-0.39, 0.29) is 0 Å². The molecule has 0 heterocycles. The highest BCUT2D eigenvalue weighted by Gasteiger charge is 2.12. The Kier molecular flexibility index (Phi) is 7.17. The van der Waals surface area contributed by atoms with Crippen molar-refractivity contribution in [3.05, 3.63) is 33.3 Å². The van der Waals surface area contributed by atoms with Crippen molar-refractivity contribution in [3.63, 3.8) is 0 Å². The Morgan fingerprint density at radius 3 is 2.71 bits per heavy atom. The van der Waals surface area contributed by atoms with Gasteiger partial charge in [0.05, 0.1) is 0 Å². The molecule has 0 aromatic heterocycles. The second-order valence-electron chi connectivity index (χ2n) is 4.36. The van der Waals surface area contributed by atoms with Crippen molar-refractivity contribution in [2.45, 2.75) is 45.1 Å². The SMILES string of the molecule is CCCCCCC(NC)c1cc(Cl)ccc1Br. The highest BCUT2D eigenvalue weighted by atomic mass is 79.9. The third kappa shape index (κ3) is 4.99. The standard InChI is InChI=1S/C14H21BrClN/c1-3-4-5-6-7-14(17-2)12-10-11(16)8-9-13(12)15/h8-10,14,17H,3-7H2,1-2H3. The van der Waals surface area contributed by atoms with Gasteiger partial charge >= 0.3 is 0 Å². The quantitative estimate of drug-likeness (QED) is 0.670. The zero-order valence-corrected chi connectivity index (χ0v) is 12.9. The van der Waals surface area contributed by atoms with Crippen molar-refractivity contribution in [3.8, 4) is 0 Å². The minimum atomic E-state index is 0.389. The first-order valence-electron chi connectivity index (χ1n) is 6.31. The van der Waals surface area contributed by atoms with Gasteiger partial charge in [-0.3, -0.25) is 0 Å². The fourth-order valence-corrected chi connectivity index (χ4v) is 2.72. The Balaban J connectivity index is 2.62. The molecule has 1 rings (SSSR count). The minimum Gasteiger partial charge on any atom is -0.313 e. The van der Waals surface area contributed by atoms with Crippen LogP contribution < -0.4 is 5.32 Å². The molecule has 1 nitrogen and oxygen atoms in total. The molecule has 1 aromatic rings. The van der Waals surface area contributed by atoms with Crippen LogP contribution in [0, 0.1) is 0 Å². The molecule has 0 radical (unpaired) electrons. The topological polar surface area (TPSA) is 12.0 Å². The van der Waals surface area contributed by atoms with Crippen LogP contribution in [0.25, 0.3) is 0 Å². The van der Waals surface area contributed by atoms with E-state index in [0.29, 0.717) is 6.04 Å². The summed E-state index contributed by atoms with van der Waals surface area (Å²) in [5.74, 6) is 0. The van der Waals surface area contributed by atoms with E-state index >= 15 is 0 Å². The summed E-state index contributed by atoms with van der Waals surface area (Å²) in [5, 5.41) is 4.18. The van der Waals surface area contributed by atoms with Crippen molar-refractivity contribution >= 4 is 27.5 Å². The van der Waals surface area contributed by atoms with Crippen LogP contribution in [0.15, 0.2) is 22.7 Å². The second-order valence-corrected chi connectivity index (χ2v) is 5.65. The monoisotopic (exact) mass is 317 g/mol. The normalized spacial score (nSPS) is 12.7. The summed E-state index contributed by atoms with van der Waals surface area (Å²) in [5.41, 5.74) is 1.26. The lowest BCUT2D eigenvalue weighted by Gasteiger charge is -2.18. The molecule has 1 N–H and O–H groups in total. The van der Waals surface area contributed by atoms with Crippen LogP contribution in [0.3, 0.4) is 0 Å². The zero-order chi connectivity index (χ0) is 12.7. The van der Waals surface area contributed by atoms with Gasteiger partial charge in [-0.15, -0.1) is 0 Å². The molecular weight excluding hydrogens is 298 g/mol. The number of unbranched alkanes of at least 4 members (excludes halogenated alkanes) is 3. The van der Waals surface area contributed by atoms with E-state index in [9.17, 15) is 0 Å². The first-order valence-corrected chi connectivity index (χ1v) is 7.48. The zero-order valence-electron chi connectivity index (χ0n) is 10.6. The minimum absolute atomic E-state index is 0.389. The maximum absolute atomic E-state index is 6.05. The number of benzene rings is 1. The number of hydrogen-bond acceptors (Lipinski definition) is 1. The Labute approximate surface area is 118 Å². The predicted octanol–water partition coefficient (Wildman–Crippen LogP) is 5.33. The van der Waals surface area contributed by atoms with Crippen LogP contribution in [0.5, 0.6) is 0 Å². The smallest absolute Gasteiger partial charge is 0.0410 e. The summed E-state index contributed by atoms with van der Waals surface area (Å²) < 4.78 is 1.14. The van der Waals surface area contributed by atoms with E-state index in [1.54, 1.807) is 0 Å². The molecule has 0 amide bonds. The largest absolute Gasteiger partial charge is 0.313 e. The molecule has 1 atom stereocenters. The van der Waals surface area contributed by atoms with Gasteiger partial charge in [0.15, 0.2) is 0 Å². The van der Waals surface area contributed by atoms with Gasteiger partial charge < -0.3 is 5.32 Å². The van der Waals surface area contributed by atoms with E-state index in [1.165, 1.54) is 31.2 Å². The summed E-state index contributed by atoms with van der Waals surface area (Å²) in [7, 11) is 2.01. The van der Waals surface area contributed by atoms with Crippen LogP contribution >= 0.6 is 27.5 Å². The molecule has 0 saturated heterocycles. The first-order chi connectivity index (χ1) is 8.19. The summed E-state index contributed by atoms with van der Waals surface area (Å²) in [6.07, 6.45) is 6.35. The van der Waals surface area contributed by atoms with Gasteiger partial charge in [-0.1, -0.05) is 60.1 Å². The van der Waals surface area contributed by atoms with Crippen molar-refractivity contribution in [2.24, 2.45) is 0 Å². The number of rotatable bonds is 7. The fraction of sp³-hybridized carbons (Fsp3) is 0.571. The Morgan fingerprint density at radius 1 is 1.29 bits per heavy atom. The highest BCUT2D eigenvalue weighted by Crippen LogP contribution is 2.29. The van der Waals surface area contributed by atoms with E-state index in [4.69, 9.17) is 11.6 Å². The summed E-state index contributed by atoms with van der Waals surface area (Å²) in [6.45, 7) is 2.24. The van der Waals surface area contributed by atoms with Crippen molar-refractivity contribution in [1.82, 2.24) is 5.32 Å². The average molecular weight is 319 g/mol. The second kappa shape index (κ2) is 8.12. The molecule has 0 bridgehead atoms.